The van der Waals surface area contributed by atoms with Crippen molar-refractivity contribution in [3.63, 3.8) is 0 Å². The van der Waals surface area contributed by atoms with Crippen molar-refractivity contribution in [2.75, 3.05) is 6.54 Å². The van der Waals surface area contributed by atoms with Crippen LogP contribution in [0.4, 0.5) is 0 Å². The van der Waals surface area contributed by atoms with Gasteiger partial charge in [-0.25, -0.2) is 0 Å². The van der Waals surface area contributed by atoms with Crippen LogP contribution in [-0.4, -0.2) is 17.4 Å². The third kappa shape index (κ3) is 1.63. The van der Waals surface area contributed by atoms with Crippen LogP contribution in [-0.2, 0) is 5.54 Å². The maximum Gasteiger partial charge on any atom is 0.255 e. The van der Waals surface area contributed by atoms with Gasteiger partial charge in [0.1, 0.15) is 0 Å². The molecule has 0 spiro atoms. The minimum atomic E-state index is -0.289. The van der Waals surface area contributed by atoms with Crippen molar-refractivity contribution in [2.24, 2.45) is 0 Å². The van der Waals surface area contributed by atoms with E-state index in [1.54, 1.807) is 0 Å². The van der Waals surface area contributed by atoms with Crippen molar-refractivity contribution < 1.29 is 4.79 Å². The number of carbonyl (C=O) groups is 1. The van der Waals surface area contributed by atoms with Gasteiger partial charge in [-0.2, -0.15) is 0 Å². The second-order valence-electron chi connectivity index (χ2n) is 5.98. The Kier molecular flexibility index (Phi) is 2.67. The van der Waals surface area contributed by atoms with Crippen LogP contribution in [0.25, 0.3) is 0 Å². The number of aryl methyl sites for hydroxylation is 1. The molecule has 0 aliphatic carbocycles. The predicted molar refractivity (Wildman–Crippen MR) is 83.7 cm³/mol. The number of amides is 1. The molecule has 106 valence electrons. The molecule has 2 aromatic carbocycles. The smallest absolute Gasteiger partial charge is 0.255 e. The highest BCUT2D eigenvalue weighted by Crippen LogP contribution is 2.51. The molecular formula is C18H16ClNO. The lowest BCUT2D eigenvalue weighted by Crippen LogP contribution is -2.39. The topological polar surface area (TPSA) is 20.3 Å². The van der Waals surface area contributed by atoms with E-state index in [0.717, 1.165) is 30.5 Å². The zero-order chi connectivity index (χ0) is 14.6. The van der Waals surface area contributed by atoms with Gasteiger partial charge in [-0.15, -0.1) is 0 Å². The molecule has 0 saturated carbocycles. The summed E-state index contributed by atoms with van der Waals surface area (Å²) in [5.74, 6) is 0.117. The highest BCUT2D eigenvalue weighted by molar-refractivity contribution is 6.31. The first-order valence-corrected chi connectivity index (χ1v) is 7.70. The molecule has 1 atom stereocenters. The zero-order valence-electron chi connectivity index (χ0n) is 11.9. The summed E-state index contributed by atoms with van der Waals surface area (Å²) in [7, 11) is 0. The lowest BCUT2D eigenvalue weighted by molar-refractivity contribution is 0.0711. The molecule has 1 fully saturated rings. The highest BCUT2D eigenvalue weighted by atomic mass is 35.5. The van der Waals surface area contributed by atoms with E-state index >= 15 is 0 Å². The summed E-state index contributed by atoms with van der Waals surface area (Å²) in [6.07, 6.45) is 2.03. The summed E-state index contributed by atoms with van der Waals surface area (Å²) in [6, 6.07) is 14.3. The number of hydrogen-bond acceptors (Lipinski definition) is 1. The van der Waals surface area contributed by atoms with E-state index in [4.69, 9.17) is 11.6 Å². The lowest BCUT2D eigenvalue weighted by Gasteiger charge is -2.34. The summed E-state index contributed by atoms with van der Waals surface area (Å²) in [5.41, 5.74) is 4.03. The lowest BCUT2D eigenvalue weighted by atomic mass is 9.81. The average molecular weight is 298 g/mol. The van der Waals surface area contributed by atoms with E-state index in [9.17, 15) is 4.79 Å². The number of hydrogen-bond donors (Lipinski definition) is 0. The maximum absolute atomic E-state index is 12.8. The molecule has 2 aliphatic rings. The van der Waals surface area contributed by atoms with Gasteiger partial charge in [0, 0.05) is 17.1 Å². The summed E-state index contributed by atoms with van der Waals surface area (Å²) >= 11 is 6.09. The van der Waals surface area contributed by atoms with E-state index in [0.29, 0.717) is 5.02 Å². The average Bonchev–Trinajstić information content (AvgIpc) is 2.99. The van der Waals surface area contributed by atoms with E-state index < -0.39 is 0 Å². The largest absolute Gasteiger partial charge is 0.325 e. The van der Waals surface area contributed by atoms with Crippen LogP contribution in [0.1, 0.15) is 39.9 Å². The number of rotatable bonds is 1. The van der Waals surface area contributed by atoms with Gasteiger partial charge in [0.2, 0.25) is 0 Å². The van der Waals surface area contributed by atoms with Gasteiger partial charge in [-0.05, 0) is 43.0 Å². The van der Waals surface area contributed by atoms with E-state index in [-0.39, 0.29) is 11.4 Å². The molecule has 3 heteroatoms. The minimum absolute atomic E-state index is 0.117. The van der Waals surface area contributed by atoms with Crippen LogP contribution < -0.4 is 0 Å². The van der Waals surface area contributed by atoms with Crippen LogP contribution >= 0.6 is 11.6 Å². The standard InChI is InChI=1S/C18H16ClNO/c1-12-4-2-5-13(10-12)18-8-3-9-20(18)17(21)15-11-14(19)6-7-16(15)18/h2,4-7,10-11H,3,8-9H2,1H3. The molecule has 1 saturated heterocycles. The molecule has 2 aliphatic heterocycles. The van der Waals surface area contributed by atoms with Crippen molar-refractivity contribution in [1.82, 2.24) is 4.90 Å². The quantitative estimate of drug-likeness (QED) is 0.774. The summed E-state index contributed by atoms with van der Waals surface area (Å²) < 4.78 is 0. The number of fused-ring (bicyclic) bond motifs is 3. The fourth-order valence-electron chi connectivity index (χ4n) is 3.93. The van der Waals surface area contributed by atoms with Crippen LogP contribution in [0.2, 0.25) is 5.02 Å². The molecule has 2 aromatic rings. The normalized spacial score (nSPS) is 23.3. The molecule has 0 aromatic heterocycles. The predicted octanol–water partition coefficient (Wildman–Crippen LogP) is 4.14. The molecule has 2 heterocycles. The maximum atomic E-state index is 12.8. The van der Waals surface area contributed by atoms with Gasteiger partial charge in [-0.1, -0.05) is 47.5 Å². The third-order valence-corrected chi connectivity index (χ3v) is 5.01. The monoisotopic (exact) mass is 297 g/mol. The molecule has 4 rings (SSSR count). The molecule has 0 N–H and O–H groups in total. The van der Waals surface area contributed by atoms with Gasteiger partial charge in [0.25, 0.3) is 5.91 Å². The number of carbonyl (C=O) groups excluding carboxylic acids is 1. The Bertz CT molecular complexity index is 755. The van der Waals surface area contributed by atoms with Crippen molar-refractivity contribution in [3.8, 4) is 0 Å². The SMILES string of the molecule is Cc1cccc(C23CCCN2C(=O)c2cc(Cl)ccc23)c1. The molecule has 0 bridgehead atoms. The Morgan fingerprint density at radius 2 is 2.05 bits per heavy atom. The Labute approximate surface area is 129 Å². The summed E-state index contributed by atoms with van der Waals surface area (Å²) in [5, 5.41) is 0.627. The summed E-state index contributed by atoms with van der Waals surface area (Å²) in [4.78, 5) is 14.8. The van der Waals surface area contributed by atoms with E-state index in [1.165, 1.54) is 11.1 Å². The van der Waals surface area contributed by atoms with Crippen molar-refractivity contribution in [3.05, 3.63) is 69.7 Å². The second kappa shape index (κ2) is 4.35. The van der Waals surface area contributed by atoms with Crippen LogP contribution in [0.5, 0.6) is 0 Å². The third-order valence-electron chi connectivity index (χ3n) is 4.78. The number of nitrogens with zero attached hydrogens (tertiary/aromatic N) is 1. The second-order valence-corrected chi connectivity index (χ2v) is 6.42. The molecule has 0 radical (unpaired) electrons. The Morgan fingerprint density at radius 1 is 1.19 bits per heavy atom. The fraction of sp³-hybridized carbons (Fsp3) is 0.278. The van der Waals surface area contributed by atoms with E-state index in [2.05, 4.69) is 31.2 Å². The van der Waals surface area contributed by atoms with Gasteiger partial charge in [0.05, 0.1) is 5.54 Å². The molecule has 1 unspecified atom stereocenters. The first kappa shape index (κ1) is 12.9. The summed E-state index contributed by atoms with van der Waals surface area (Å²) in [6.45, 7) is 2.91. The molecule has 1 amide bonds. The first-order valence-electron chi connectivity index (χ1n) is 7.32. The van der Waals surface area contributed by atoms with Crippen LogP contribution in [0.3, 0.4) is 0 Å². The number of halogens is 1. The zero-order valence-corrected chi connectivity index (χ0v) is 12.7. The highest BCUT2D eigenvalue weighted by Gasteiger charge is 2.53. The number of benzene rings is 2. The van der Waals surface area contributed by atoms with Gasteiger partial charge >= 0.3 is 0 Å². The minimum Gasteiger partial charge on any atom is -0.325 e. The van der Waals surface area contributed by atoms with Crippen molar-refractivity contribution in [1.29, 1.82) is 0 Å². The molecule has 2 nitrogen and oxygen atoms in total. The van der Waals surface area contributed by atoms with Crippen LogP contribution in [0.15, 0.2) is 42.5 Å². The van der Waals surface area contributed by atoms with Crippen LogP contribution in [0, 0.1) is 6.92 Å². The van der Waals surface area contributed by atoms with Crippen molar-refractivity contribution in [2.45, 2.75) is 25.3 Å². The van der Waals surface area contributed by atoms with Gasteiger partial charge in [-0.3, -0.25) is 4.79 Å². The van der Waals surface area contributed by atoms with Crippen molar-refractivity contribution >= 4 is 17.5 Å². The Morgan fingerprint density at radius 3 is 2.86 bits per heavy atom. The first-order chi connectivity index (χ1) is 10.1. The molecule has 21 heavy (non-hydrogen) atoms. The Hall–Kier alpha value is -1.80. The van der Waals surface area contributed by atoms with Gasteiger partial charge < -0.3 is 4.90 Å². The van der Waals surface area contributed by atoms with E-state index in [1.807, 2.05) is 23.1 Å². The fourth-order valence-corrected chi connectivity index (χ4v) is 4.10. The Balaban J connectivity index is 2.01. The molecular weight excluding hydrogens is 282 g/mol. The van der Waals surface area contributed by atoms with Gasteiger partial charge in [0.15, 0.2) is 0 Å².